The molecule has 0 aromatic carbocycles. The van der Waals surface area contributed by atoms with Crippen LogP contribution in [0.4, 0.5) is 10.9 Å². The maximum Gasteiger partial charge on any atom is 0.228 e. The monoisotopic (exact) mass is 341 g/mol. The second-order valence-corrected chi connectivity index (χ2v) is 7.65. The lowest BCUT2D eigenvalue weighted by Crippen LogP contribution is -2.41. The first-order valence-electron chi connectivity index (χ1n) is 8.38. The molecule has 1 saturated carbocycles. The Morgan fingerprint density at radius 1 is 1.42 bits per heavy atom. The predicted octanol–water partition coefficient (Wildman–Crippen LogP) is 3.17. The maximum atomic E-state index is 12.0. The minimum absolute atomic E-state index is 0.0559. The fraction of sp³-hybridized carbons (Fsp3) is 0.529. The summed E-state index contributed by atoms with van der Waals surface area (Å²) in [6, 6.07) is 4.62. The Morgan fingerprint density at radius 3 is 3.00 bits per heavy atom. The molecule has 1 N–H and O–H groups in total. The van der Waals surface area contributed by atoms with Crippen molar-refractivity contribution in [1.29, 1.82) is 5.26 Å². The molecule has 1 aliphatic heterocycles. The van der Waals surface area contributed by atoms with E-state index in [4.69, 9.17) is 4.98 Å². The van der Waals surface area contributed by atoms with Crippen molar-refractivity contribution in [2.75, 3.05) is 16.8 Å². The molecule has 0 unspecified atom stereocenters. The lowest BCUT2D eigenvalue weighted by molar-refractivity contribution is -0.117. The summed E-state index contributed by atoms with van der Waals surface area (Å²) in [6.45, 7) is 2.89. The van der Waals surface area contributed by atoms with Crippen molar-refractivity contribution in [1.82, 2.24) is 9.97 Å². The largest absolute Gasteiger partial charge is 0.344 e. The fourth-order valence-electron chi connectivity index (χ4n) is 3.10. The van der Waals surface area contributed by atoms with Gasteiger partial charge in [-0.15, -0.1) is 0 Å². The molecule has 2 aliphatic rings. The van der Waals surface area contributed by atoms with Gasteiger partial charge in [0, 0.05) is 24.7 Å². The number of hydrogen-bond acceptors (Lipinski definition) is 6. The molecule has 4 rings (SSSR count). The van der Waals surface area contributed by atoms with E-state index in [1.54, 1.807) is 17.5 Å². The third kappa shape index (κ3) is 2.82. The van der Waals surface area contributed by atoms with E-state index in [0.717, 1.165) is 41.0 Å². The van der Waals surface area contributed by atoms with Crippen LogP contribution in [0.5, 0.6) is 0 Å². The first kappa shape index (κ1) is 15.3. The number of rotatable bonds is 3. The molecule has 0 radical (unpaired) electrons. The number of nitriles is 1. The van der Waals surface area contributed by atoms with Gasteiger partial charge in [0.2, 0.25) is 5.91 Å². The van der Waals surface area contributed by atoms with Crippen LogP contribution in [-0.4, -0.2) is 28.5 Å². The number of piperidine rings is 1. The number of carbonyl (C=O) groups is 1. The van der Waals surface area contributed by atoms with Crippen molar-refractivity contribution in [3.63, 3.8) is 0 Å². The molecular formula is C17H19N5OS. The highest BCUT2D eigenvalue weighted by atomic mass is 32.1. The van der Waals surface area contributed by atoms with Crippen molar-refractivity contribution < 1.29 is 4.79 Å². The van der Waals surface area contributed by atoms with Crippen LogP contribution in [0.15, 0.2) is 12.3 Å². The van der Waals surface area contributed by atoms with Crippen molar-refractivity contribution in [3.05, 3.63) is 12.3 Å². The highest BCUT2D eigenvalue weighted by Crippen LogP contribution is 2.37. The van der Waals surface area contributed by atoms with E-state index >= 15 is 0 Å². The third-order valence-corrected chi connectivity index (χ3v) is 5.91. The number of amides is 1. The van der Waals surface area contributed by atoms with E-state index in [1.807, 2.05) is 6.07 Å². The molecule has 24 heavy (non-hydrogen) atoms. The molecule has 0 spiro atoms. The van der Waals surface area contributed by atoms with Gasteiger partial charge in [-0.25, -0.2) is 9.97 Å². The molecule has 124 valence electrons. The van der Waals surface area contributed by atoms with Gasteiger partial charge in [-0.3, -0.25) is 4.79 Å². The maximum absolute atomic E-state index is 12.0. The first-order valence-corrected chi connectivity index (χ1v) is 9.20. The van der Waals surface area contributed by atoms with Crippen LogP contribution >= 0.6 is 11.3 Å². The van der Waals surface area contributed by atoms with Crippen LogP contribution in [0.2, 0.25) is 0 Å². The van der Waals surface area contributed by atoms with Gasteiger partial charge in [0.05, 0.1) is 22.2 Å². The van der Waals surface area contributed by atoms with Gasteiger partial charge in [-0.05, 0) is 38.7 Å². The van der Waals surface area contributed by atoms with Crippen LogP contribution in [0.1, 0.15) is 32.6 Å². The summed E-state index contributed by atoms with van der Waals surface area (Å²) < 4.78 is 0.910. The van der Waals surface area contributed by atoms with E-state index in [2.05, 4.69) is 28.2 Å². The zero-order valence-corrected chi connectivity index (χ0v) is 14.3. The quantitative estimate of drug-likeness (QED) is 0.927. The highest BCUT2D eigenvalue weighted by Gasteiger charge is 2.31. The molecule has 3 heterocycles. The van der Waals surface area contributed by atoms with Gasteiger partial charge in [-0.1, -0.05) is 11.3 Å². The second-order valence-electron chi connectivity index (χ2n) is 6.67. The smallest absolute Gasteiger partial charge is 0.228 e. The number of hydrogen-bond donors (Lipinski definition) is 1. The Morgan fingerprint density at radius 2 is 2.25 bits per heavy atom. The molecule has 2 atom stereocenters. The van der Waals surface area contributed by atoms with Crippen LogP contribution in [0.25, 0.3) is 10.2 Å². The van der Waals surface area contributed by atoms with Crippen molar-refractivity contribution in [3.8, 4) is 6.07 Å². The van der Waals surface area contributed by atoms with Crippen LogP contribution in [-0.2, 0) is 4.79 Å². The summed E-state index contributed by atoms with van der Waals surface area (Å²) in [6.07, 6.45) is 5.57. The predicted molar refractivity (Wildman–Crippen MR) is 93.9 cm³/mol. The van der Waals surface area contributed by atoms with Crippen molar-refractivity contribution in [2.45, 2.75) is 38.6 Å². The average molecular weight is 341 g/mol. The number of pyridine rings is 1. The summed E-state index contributed by atoms with van der Waals surface area (Å²) >= 11 is 1.55. The molecule has 2 aromatic heterocycles. The fourth-order valence-corrected chi connectivity index (χ4v) is 4.22. The van der Waals surface area contributed by atoms with Gasteiger partial charge < -0.3 is 10.2 Å². The lowest BCUT2D eigenvalue weighted by atomic mass is 9.95. The van der Waals surface area contributed by atoms with Crippen molar-refractivity contribution >= 4 is 38.4 Å². The average Bonchev–Trinajstić information content (AvgIpc) is 3.35. The molecule has 1 aliphatic carbocycles. The number of nitrogens with zero attached hydrogens (tertiary/aromatic N) is 4. The summed E-state index contributed by atoms with van der Waals surface area (Å²) in [5.74, 6) is 0.865. The molecule has 1 amide bonds. The minimum atomic E-state index is 0.0559. The number of carbonyl (C=O) groups excluding carboxylic acids is 1. The molecule has 0 bridgehead atoms. The van der Waals surface area contributed by atoms with E-state index < -0.39 is 0 Å². The van der Waals surface area contributed by atoms with Gasteiger partial charge in [-0.2, -0.15) is 5.26 Å². The van der Waals surface area contributed by atoms with Gasteiger partial charge in [0.25, 0.3) is 0 Å². The summed E-state index contributed by atoms with van der Waals surface area (Å²) in [5.41, 5.74) is 0.849. The summed E-state index contributed by atoms with van der Waals surface area (Å²) in [5, 5.41) is 13.1. The summed E-state index contributed by atoms with van der Waals surface area (Å²) in [7, 11) is 0. The Labute approximate surface area is 144 Å². The molecule has 6 nitrogen and oxygen atoms in total. The normalized spacial score (nSPS) is 23.9. The van der Waals surface area contributed by atoms with E-state index in [9.17, 15) is 10.1 Å². The van der Waals surface area contributed by atoms with E-state index in [0.29, 0.717) is 18.4 Å². The zero-order chi connectivity index (χ0) is 16.7. The second kappa shape index (κ2) is 6.02. The lowest BCUT2D eigenvalue weighted by Gasteiger charge is -2.35. The van der Waals surface area contributed by atoms with E-state index in [1.165, 1.54) is 0 Å². The van der Waals surface area contributed by atoms with Gasteiger partial charge in [0.1, 0.15) is 0 Å². The number of nitrogens with one attached hydrogen (secondary N) is 1. The van der Waals surface area contributed by atoms with E-state index in [-0.39, 0.29) is 17.7 Å². The third-order valence-electron chi connectivity index (χ3n) is 4.79. The number of fused-ring (bicyclic) bond motifs is 1. The van der Waals surface area contributed by atoms with Gasteiger partial charge >= 0.3 is 0 Å². The SMILES string of the molecule is C[C@@H]1CC[C@@H](C#N)CN1c1nc2ccnc(NC(=O)C3CC3)c2s1. The Kier molecular flexibility index (Phi) is 3.85. The first-order chi connectivity index (χ1) is 11.7. The van der Waals surface area contributed by atoms with Crippen LogP contribution in [0, 0.1) is 23.2 Å². The standard InChI is InChI=1S/C17H19N5OS/c1-10-2-3-11(8-18)9-22(10)17-20-13-6-7-19-15(14(13)24-17)21-16(23)12-4-5-12/h6-7,10-12H,2-5,9H2,1H3,(H,19,21,23)/t10-,11+/m1/s1. The van der Waals surface area contributed by atoms with Crippen LogP contribution < -0.4 is 10.2 Å². The topological polar surface area (TPSA) is 81.9 Å². The molecule has 2 aromatic rings. The Balaban J connectivity index is 1.65. The van der Waals surface area contributed by atoms with Crippen molar-refractivity contribution in [2.24, 2.45) is 11.8 Å². The highest BCUT2D eigenvalue weighted by molar-refractivity contribution is 7.22. The molecule has 2 fully saturated rings. The molecule has 1 saturated heterocycles. The Bertz CT molecular complexity index is 822. The summed E-state index contributed by atoms with van der Waals surface area (Å²) in [4.78, 5) is 23.3. The number of thiazole rings is 1. The van der Waals surface area contributed by atoms with Crippen LogP contribution in [0.3, 0.4) is 0 Å². The Hall–Kier alpha value is -2.20. The number of aromatic nitrogens is 2. The van der Waals surface area contributed by atoms with Gasteiger partial charge in [0.15, 0.2) is 10.9 Å². The number of anilines is 2. The molecular weight excluding hydrogens is 322 g/mol. The minimum Gasteiger partial charge on any atom is -0.344 e. The molecule has 7 heteroatoms. The zero-order valence-electron chi connectivity index (χ0n) is 13.5.